The van der Waals surface area contributed by atoms with Crippen LogP contribution < -0.4 is 11.0 Å². The summed E-state index contributed by atoms with van der Waals surface area (Å²) in [5.74, 6) is -0.220. The lowest BCUT2D eigenvalue weighted by atomic mass is 9.89. The van der Waals surface area contributed by atoms with Gasteiger partial charge < -0.3 is 10.4 Å². The van der Waals surface area contributed by atoms with E-state index in [9.17, 15) is 9.59 Å². The summed E-state index contributed by atoms with van der Waals surface area (Å²) in [6.45, 7) is 3.50. The molecule has 1 aliphatic carbocycles. The van der Waals surface area contributed by atoms with Crippen LogP contribution in [0.15, 0.2) is 10.9 Å². The summed E-state index contributed by atoms with van der Waals surface area (Å²) in [5, 5.41) is 11.9. The number of rotatable bonds is 3. The molecule has 1 heterocycles. The number of hydrogen-bond acceptors (Lipinski definition) is 4. The molecule has 98 valence electrons. The van der Waals surface area contributed by atoms with Gasteiger partial charge in [0.25, 0.3) is 0 Å². The van der Waals surface area contributed by atoms with Crippen LogP contribution in [-0.2, 0) is 11.3 Å². The monoisotopic (exact) mass is 251 g/mol. The van der Waals surface area contributed by atoms with Gasteiger partial charge in [0.2, 0.25) is 5.91 Å². The first kappa shape index (κ1) is 12.8. The third kappa shape index (κ3) is 2.76. The maximum absolute atomic E-state index is 11.7. The summed E-state index contributed by atoms with van der Waals surface area (Å²) in [6, 6.07) is 1.80. The minimum absolute atomic E-state index is 0.0233. The van der Waals surface area contributed by atoms with E-state index < -0.39 is 5.69 Å². The Morgan fingerprint density at radius 1 is 1.56 bits per heavy atom. The standard InChI is InChI=1S/C12H17N3O3/c1-7-3-8(2)15(12(18)13-7)6-11(17)14-9-4-10(16)5-9/h3,9-10,16H,4-6H2,1-2H3,(H,14,17). The molecule has 6 heteroatoms. The average Bonchev–Trinajstić information content (AvgIpc) is 2.21. The number of nitrogens with zero attached hydrogens (tertiary/aromatic N) is 2. The molecule has 1 aromatic rings. The lowest BCUT2D eigenvalue weighted by Gasteiger charge is -2.32. The van der Waals surface area contributed by atoms with E-state index in [0.29, 0.717) is 18.5 Å². The van der Waals surface area contributed by atoms with Crippen LogP contribution in [0.4, 0.5) is 0 Å². The van der Waals surface area contributed by atoms with Gasteiger partial charge in [0.1, 0.15) is 6.54 Å². The van der Waals surface area contributed by atoms with Gasteiger partial charge in [0.15, 0.2) is 0 Å². The molecule has 6 nitrogen and oxygen atoms in total. The Morgan fingerprint density at radius 2 is 2.22 bits per heavy atom. The number of nitrogens with one attached hydrogen (secondary N) is 1. The predicted octanol–water partition coefficient (Wildman–Crippen LogP) is -0.500. The summed E-state index contributed by atoms with van der Waals surface area (Å²) in [7, 11) is 0. The van der Waals surface area contributed by atoms with Gasteiger partial charge in [-0.1, -0.05) is 0 Å². The van der Waals surface area contributed by atoms with Crippen molar-refractivity contribution >= 4 is 5.91 Å². The second-order valence-corrected chi connectivity index (χ2v) is 4.80. The van der Waals surface area contributed by atoms with E-state index in [4.69, 9.17) is 5.11 Å². The van der Waals surface area contributed by atoms with E-state index in [1.807, 2.05) is 0 Å². The third-order valence-electron chi connectivity index (χ3n) is 3.13. The third-order valence-corrected chi connectivity index (χ3v) is 3.13. The highest BCUT2D eigenvalue weighted by Crippen LogP contribution is 2.19. The number of carbonyl (C=O) groups is 1. The van der Waals surface area contributed by atoms with Crippen molar-refractivity contribution in [3.05, 3.63) is 27.9 Å². The molecule has 0 bridgehead atoms. The molecular weight excluding hydrogens is 234 g/mol. The molecule has 2 rings (SSSR count). The Kier molecular flexibility index (Phi) is 3.47. The summed E-state index contributed by atoms with van der Waals surface area (Å²) in [6.07, 6.45) is 0.873. The normalized spacial score (nSPS) is 22.4. The highest BCUT2D eigenvalue weighted by Gasteiger charge is 2.28. The van der Waals surface area contributed by atoms with Crippen LogP contribution >= 0.6 is 0 Å². The first-order valence-electron chi connectivity index (χ1n) is 5.98. The molecule has 0 saturated heterocycles. The van der Waals surface area contributed by atoms with Crippen molar-refractivity contribution in [2.45, 2.75) is 45.4 Å². The van der Waals surface area contributed by atoms with Crippen LogP contribution in [-0.4, -0.2) is 32.7 Å². The summed E-state index contributed by atoms with van der Waals surface area (Å²) < 4.78 is 1.34. The Balaban J connectivity index is 2.01. The molecule has 1 saturated carbocycles. The van der Waals surface area contributed by atoms with Crippen molar-refractivity contribution in [1.82, 2.24) is 14.9 Å². The average molecular weight is 251 g/mol. The molecule has 1 fully saturated rings. The second-order valence-electron chi connectivity index (χ2n) is 4.80. The topological polar surface area (TPSA) is 84.2 Å². The van der Waals surface area contributed by atoms with Crippen molar-refractivity contribution in [2.24, 2.45) is 0 Å². The minimum Gasteiger partial charge on any atom is -0.393 e. The highest BCUT2D eigenvalue weighted by atomic mass is 16.3. The van der Waals surface area contributed by atoms with E-state index in [1.165, 1.54) is 4.57 Å². The molecule has 2 N–H and O–H groups in total. The van der Waals surface area contributed by atoms with Crippen LogP contribution in [0.25, 0.3) is 0 Å². The van der Waals surface area contributed by atoms with Crippen LogP contribution in [0.1, 0.15) is 24.2 Å². The number of aliphatic hydroxyl groups excluding tert-OH is 1. The Morgan fingerprint density at radius 3 is 2.78 bits per heavy atom. The number of hydrogen-bond donors (Lipinski definition) is 2. The zero-order valence-electron chi connectivity index (χ0n) is 10.5. The molecule has 18 heavy (non-hydrogen) atoms. The smallest absolute Gasteiger partial charge is 0.348 e. The largest absolute Gasteiger partial charge is 0.393 e. The molecule has 0 radical (unpaired) electrons. The SMILES string of the molecule is Cc1cc(C)n(CC(=O)NC2CC(O)C2)c(=O)n1. The van der Waals surface area contributed by atoms with E-state index in [2.05, 4.69) is 10.3 Å². The summed E-state index contributed by atoms with van der Waals surface area (Å²) in [4.78, 5) is 27.2. The van der Waals surface area contributed by atoms with Crippen LogP contribution in [0.5, 0.6) is 0 Å². The number of aliphatic hydroxyl groups is 1. The Bertz CT molecular complexity index is 518. The van der Waals surface area contributed by atoms with Gasteiger partial charge in [0, 0.05) is 17.4 Å². The molecule has 1 aliphatic rings. The van der Waals surface area contributed by atoms with Gasteiger partial charge in [0.05, 0.1) is 6.10 Å². The van der Waals surface area contributed by atoms with Gasteiger partial charge in [-0.25, -0.2) is 4.79 Å². The van der Waals surface area contributed by atoms with Crippen LogP contribution in [0, 0.1) is 13.8 Å². The molecule has 0 unspecified atom stereocenters. The lowest BCUT2D eigenvalue weighted by Crippen LogP contribution is -2.48. The lowest BCUT2D eigenvalue weighted by molar-refractivity contribution is -0.123. The fourth-order valence-electron chi connectivity index (χ4n) is 2.09. The van der Waals surface area contributed by atoms with Gasteiger partial charge in [-0.2, -0.15) is 4.98 Å². The van der Waals surface area contributed by atoms with Crippen molar-refractivity contribution in [2.75, 3.05) is 0 Å². The number of amides is 1. The molecule has 0 aliphatic heterocycles. The van der Waals surface area contributed by atoms with E-state index >= 15 is 0 Å². The zero-order chi connectivity index (χ0) is 13.3. The molecule has 1 amide bonds. The van der Waals surface area contributed by atoms with E-state index in [1.54, 1.807) is 19.9 Å². The van der Waals surface area contributed by atoms with Crippen molar-refractivity contribution in [3.8, 4) is 0 Å². The highest BCUT2D eigenvalue weighted by molar-refractivity contribution is 5.76. The first-order chi connectivity index (χ1) is 8.45. The van der Waals surface area contributed by atoms with Crippen molar-refractivity contribution < 1.29 is 9.90 Å². The second kappa shape index (κ2) is 4.89. The van der Waals surface area contributed by atoms with E-state index in [-0.39, 0.29) is 24.6 Å². The summed E-state index contributed by atoms with van der Waals surface area (Å²) in [5.41, 5.74) is 0.962. The van der Waals surface area contributed by atoms with Crippen LogP contribution in [0.2, 0.25) is 0 Å². The van der Waals surface area contributed by atoms with Crippen LogP contribution in [0.3, 0.4) is 0 Å². The molecular formula is C12H17N3O3. The van der Waals surface area contributed by atoms with Gasteiger partial charge in [-0.15, -0.1) is 0 Å². The zero-order valence-corrected chi connectivity index (χ0v) is 10.5. The number of carbonyl (C=O) groups excluding carboxylic acids is 1. The Labute approximate surface area is 105 Å². The van der Waals surface area contributed by atoms with Gasteiger partial charge in [-0.3, -0.25) is 9.36 Å². The fraction of sp³-hybridized carbons (Fsp3) is 0.583. The summed E-state index contributed by atoms with van der Waals surface area (Å²) >= 11 is 0. The minimum atomic E-state index is -0.406. The molecule has 0 atom stereocenters. The molecule has 0 aromatic carbocycles. The van der Waals surface area contributed by atoms with Crippen molar-refractivity contribution in [1.29, 1.82) is 0 Å². The van der Waals surface area contributed by atoms with Gasteiger partial charge in [-0.05, 0) is 32.8 Å². The Hall–Kier alpha value is -1.69. The fourth-order valence-corrected chi connectivity index (χ4v) is 2.09. The number of aryl methyl sites for hydroxylation is 2. The molecule has 1 aromatic heterocycles. The number of aromatic nitrogens is 2. The van der Waals surface area contributed by atoms with Gasteiger partial charge >= 0.3 is 5.69 Å². The van der Waals surface area contributed by atoms with Crippen molar-refractivity contribution in [3.63, 3.8) is 0 Å². The maximum Gasteiger partial charge on any atom is 0.348 e. The quantitative estimate of drug-likeness (QED) is 0.758. The maximum atomic E-state index is 11.7. The predicted molar refractivity (Wildman–Crippen MR) is 65.1 cm³/mol. The first-order valence-corrected chi connectivity index (χ1v) is 5.98. The molecule has 0 spiro atoms. The van der Waals surface area contributed by atoms with E-state index in [0.717, 1.165) is 5.69 Å².